The van der Waals surface area contributed by atoms with Crippen LogP contribution in [0.4, 0.5) is 0 Å². The average molecular weight is 745 g/mol. The van der Waals surface area contributed by atoms with Crippen LogP contribution in [0.25, 0.3) is 109 Å². The number of rotatable bonds is 5. The van der Waals surface area contributed by atoms with Crippen LogP contribution in [0.5, 0.6) is 0 Å². The Hall–Kier alpha value is -7.34. The fourth-order valence-electron chi connectivity index (χ4n) is 8.76. The molecule has 4 aromatic heterocycles. The summed E-state index contributed by atoms with van der Waals surface area (Å²) in [5, 5.41) is 7.55. The minimum absolute atomic E-state index is 0.698. The smallest absolute Gasteiger partial charge is 0.160 e. The molecule has 0 amide bonds. The number of thiophene rings is 1. The molecule has 0 spiro atoms. The van der Waals surface area contributed by atoms with Gasteiger partial charge in [0, 0.05) is 69.8 Å². The third-order valence-electron chi connectivity index (χ3n) is 11.3. The molecule has 0 fully saturated rings. The zero-order valence-corrected chi connectivity index (χ0v) is 31.5. The van der Waals surface area contributed by atoms with Gasteiger partial charge in [-0.3, -0.25) is 0 Å². The molecule has 8 aromatic carbocycles. The zero-order chi connectivity index (χ0) is 37.5. The number of para-hydroxylation sites is 2. The molecule has 0 unspecified atom stereocenters. The second-order valence-electron chi connectivity index (χ2n) is 14.6. The van der Waals surface area contributed by atoms with Crippen molar-refractivity contribution in [2.45, 2.75) is 0 Å². The number of hydrogen-bond acceptors (Lipinski definition) is 3. The van der Waals surface area contributed by atoms with E-state index in [1.54, 1.807) is 0 Å². The fourth-order valence-corrected chi connectivity index (χ4v) is 9.87. The first-order valence-corrected chi connectivity index (χ1v) is 20.1. The summed E-state index contributed by atoms with van der Waals surface area (Å²) in [6, 6.07) is 69.5. The van der Waals surface area contributed by atoms with Crippen molar-refractivity contribution in [2.75, 3.05) is 0 Å². The molecule has 0 radical (unpaired) electrons. The normalized spacial score (nSPS) is 11.9. The van der Waals surface area contributed by atoms with Gasteiger partial charge in [0.1, 0.15) is 0 Å². The molecule has 12 rings (SSSR count). The van der Waals surface area contributed by atoms with Gasteiger partial charge in [0.15, 0.2) is 5.82 Å². The van der Waals surface area contributed by atoms with Crippen molar-refractivity contribution in [2.24, 2.45) is 0 Å². The van der Waals surface area contributed by atoms with Crippen LogP contribution in [-0.2, 0) is 0 Å². The Bertz CT molecular complexity index is 3390. The first kappa shape index (κ1) is 32.0. The molecule has 0 saturated carbocycles. The Balaban J connectivity index is 1.10. The van der Waals surface area contributed by atoms with Gasteiger partial charge in [-0.25, -0.2) is 9.97 Å². The first-order valence-electron chi connectivity index (χ1n) is 19.2. The highest BCUT2D eigenvalue weighted by atomic mass is 32.1. The summed E-state index contributed by atoms with van der Waals surface area (Å²) < 4.78 is 7.46. The zero-order valence-electron chi connectivity index (χ0n) is 30.7. The van der Waals surface area contributed by atoms with Crippen LogP contribution >= 0.6 is 11.3 Å². The number of aromatic nitrogens is 4. The van der Waals surface area contributed by atoms with Gasteiger partial charge in [-0.15, -0.1) is 11.3 Å². The summed E-state index contributed by atoms with van der Waals surface area (Å²) in [6.07, 6.45) is 0. The van der Waals surface area contributed by atoms with Gasteiger partial charge >= 0.3 is 0 Å². The molecule has 0 bridgehead atoms. The Labute approximate surface area is 332 Å². The largest absolute Gasteiger partial charge is 0.309 e. The molecule has 5 heteroatoms. The van der Waals surface area contributed by atoms with Crippen LogP contribution in [0.15, 0.2) is 194 Å². The maximum absolute atomic E-state index is 5.13. The van der Waals surface area contributed by atoms with E-state index in [2.05, 4.69) is 191 Å². The SMILES string of the molecule is c1ccc(-c2cc(-c3ccccc3)nc(-c3ccc(-n4c5cc(-n6c7ccccc7c7ccccc76)ccc5c5ccc6sc7ccccc7c6c54)cc3)n2)cc1. The summed E-state index contributed by atoms with van der Waals surface area (Å²) in [7, 11) is 0. The summed E-state index contributed by atoms with van der Waals surface area (Å²) in [5.74, 6) is 0.698. The molecule has 12 aromatic rings. The van der Waals surface area contributed by atoms with E-state index in [1.807, 2.05) is 23.5 Å². The molecule has 0 aliphatic rings. The summed E-state index contributed by atoms with van der Waals surface area (Å²) in [5.41, 5.74) is 11.9. The number of fused-ring (bicyclic) bond motifs is 10. The van der Waals surface area contributed by atoms with Crippen LogP contribution in [0.1, 0.15) is 0 Å². The second kappa shape index (κ2) is 12.6. The van der Waals surface area contributed by atoms with E-state index in [0.717, 1.165) is 45.0 Å². The predicted octanol–water partition coefficient (Wildman–Crippen LogP) is 14.0. The van der Waals surface area contributed by atoms with E-state index < -0.39 is 0 Å². The first-order chi connectivity index (χ1) is 28.3. The molecule has 0 N–H and O–H groups in total. The highest BCUT2D eigenvalue weighted by Gasteiger charge is 2.20. The van der Waals surface area contributed by atoms with Crippen molar-refractivity contribution >= 4 is 75.1 Å². The monoisotopic (exact) mass is 744 g/mol. The van der Waals surface area contributed by atoms with E-state index in [-0.39, 0.29) is 0 Å². The molecule has 57 heavy (non-hydrogen) atoms. The topological polar surface area (TPSA) is 35.6 Å². The van der Waals surface area contributed by atoms with Gasteiger partial charge in [-0.2, -0.15) is 0 Å². The third kappa shape index (κ3) is 4.99. The van der Waals surface area contributed by atoms with Crippen LogP contribution < -0.4 is 0 Å². The maximum Gasteiger partial charge on any atom is 0.160 e. The highest BCUT2D eigenvalue weighted by Crippen LogP contribution is 2.44. The Morgan fingerprint density at radius 3 is 1.56 bits per heavy atom. The van der Waals surface area contributed by atoms with Gasteiger partial charge in [0.2, 0.25) is 0 Å². The van der Waals surface area contributed by atoms with Crippen molar-refractivity contribution in [3.63, 3.8) is 0 Å². The Morgan fingerprint density at radius 1 is 0.351 bits per heavy atom. The number of hydrogen-bond donors (Lipinski definition) is 0. The molecule has 4 heterocycles. The lowest BCUT2D eigenvalue weighted by molar-refractivity contribution is 1.15. The molecule has 0 aliphatic heterocycles. The second-order valence-corrected chi connectivity index (χ2v) is 15.7. The van der Waals surface area contributed by atoms with Gasteiger partial charge in [0.05, 0.1) is 33.5 Å². The van der Waals surface area contributed by atoms with Crippen molar-refractivity contribution in [3.05, 3.63) is 194 Å². The molecule has 4 nitrogen and oxygen atoms in total. The van der Waals surface area contributed by atoms with Crippen molar-refractivity contribution in [1.82, 2.24) is 19.1 Å². The molecule has 0 aliphatic carbocycles. The van der Waals surface area contributed by atoms with Gasteiger partial charge < -0.3 is 9.13 Å². The van der Waals surface area contributed by atoms with Crippen molar-refractivity contribution < 1.29 is 0 Å². The fraction of sp³-hybridized carbons (Fsp3) is 0. The molecule has 0 atom stereocenters. The number of benzene rings is 8. The standard InChI is InChI=1S/C52H32N4S/c1-3-13-33(14-4-1)43-32-44(34-15-5-2-6-16-34)54-52(53-43)35-23-25-36(26-24-35)56-47-31-37(55-45-20-10-7-17-38(45)39-18-8-11-21-46(39)55)27-28-40(47)41-29-30-49-50(51(41)56)42-19-9-12-22-48(42)57-49/h1-32H. The minimum atomic E-state index is 0.698. The van der Waals surface area contributed by atoms with E-state index in [4.69, 9.17) is 9.97 Å². The maximum atomic E-state index is 5.13. The van der Waals surface area contributed by atoms with E-state index in [9.17, 15) is 0 Å². The number of nitrogens with zero attached hydrogens (tertiary/aromatic N) is 4. The third-order valence-corrected chi connectivity index (χ3v) is 12.5. The summed E-state index contributed by atoms with van der Waals surface area (Å²) in [4.78, 5) is 10.3. The molecular formula is C52H32N4S. The lowest BCUT2D eigenvalue weighted by Crippen LogP contribution is -1.98. The molecule has 0 saturated heterocycles. The van der Waals surface area contributed by atoms with Crippen molar-refractivity contribution in [3.8, 4) is 45.3 Å². The van der Waals surface area contributed by atoms with E-state index in [0.29, 0.717) is 5.82 Å². The van der Waals surface area contributed by atoms with Gasteiger partial charge in [0.25, 0.3) is 0 Å². The van der Waals surface area contributed by atoms with Crippen LogP contribution in [0.3, 0.4) is 0 Å². The molecular weight excluding hydrogens is 713 g/mol. The summed E-state index contributed by atoms with van der Waals surface area (Å²) >= 11 is 1.86. The lowest BCUT2D eigenvalue weighted by atomic mass is 10.1. The van der Waals surface area contributed by atoms with Crippen LogP contribution in [-0.4, -0.2) is 19.1 Å². The Morgan fingerprint density at radius 2 is 0.895 bits per heavy atom. The lowest BCUT2D eigenvalue weighted by Gasteiger charge is -2.13. The minimum Gasteiger partial charge on any atom is -0.309 e. The van der Waals surface area contributed by atoms with Crippen LogP contribution in [0.2, 0.25) is 0 Å². The Kier molecular flexibility index (Phi) is 7.06. The van der Waals surface area contributed by atoms with E-state index >= 15 is 0 Å². The average Bonchev–Trinajstić information content (AvgIpc) is 3.94. The quantitative estimate of drug-likeness (QED) is 0.176. The predicted molar refractivity (Wildman–Crippen MR) is 240 cm³/mol. The molecule has 266 valence electrons. The highest BCUT2D eigenvalue weighted by molar-refractivity contribution is 7.26. The summed E-state index contributed by atoms with van der Waals surface area (Å²) in [6.45, 7) is 0. The van der Waals surface area contributed by atoms with Crippen molar-refractivity contribution in [1.29, 1.82) is 0 Å². The van der Waals surface area contributed by atoms with E-state index in [1.165, 1.54) is 58.3 Å². The van der Waals surface area contributed by atoms with Gasteiger partial charge in [-0.1, -0.05) is 127 Å². The van der Waals surface area contributed by atoms with Crippen LogP contribution in [0, 0.1) is 0 Å². The van der Waals surface area contributed by atoms with Gasteiger partial charge in [-0.05, 0) is 66.7 Å².